The fraction of sp³-hybridized carbons (Fsp3) is 0.500. The molecule has 2 heterocycles. The van der Waals surface area contributed by atoms with Gasteiger partial charge < -0.3 is 13.8 Å². The first-order valence-corrected chi connectivity index (χ1v) is 5.03. The van der Waals surface area contributed by atoms with Crippen LogP contribution in [0.5, 0.6) is 0 Å². The van der Waals surface area contributed by atoms with Crippen molar-refractivity contribution in [2.24, 2.45) is 0 Å². The Balaban J connectivity index is 2.11. The Labute approximate surface area is 93.3 Å². The quantitative estimate of drug-likeness (QED) is 0.780. The lowest BCUT2D eigenvalue weighted by atomic mass is 10.4. The van der Waals surface area contributed by atoms with Gasteiger partial charge in [0.05, 0.1) is 0 Å². The third-order valence-corrected chi connectivity index (χ3v) is 2.43. The number of nitrogens with zero attached hydrogens (tertiary/aromatic N) is 4. The van der Waals surface area contributed by atoms with Crippen LogP contribution in [0.25, 0.3) is 0 Å². The normalized spacial score (nSPS) is 12.9. The minimum Gasteiger partial charge on any atom is -0.374 e. The molecule has 0 saturated carbocycles. The molecule has 0 bridgehead atoms. The summed E-state index contributed by atoms with van der Waals surface area (Å²) in [6.07, 6.45) is 3.46. The van der Waals surface area contributed by atoms with Crippen molar-refractivity contribution in [3.05, 3.63) is 29.9 Å². The Bertz CT molecular complexity index is 463. The summed E-state index contributed by atoms with van der Waals surface area (Å²) in [4.78, 5) is 8.36. The maximum atomic E-state index is 5.13. The molecule has 0 aliphatic heterocycles. The minimum atomic E-state index is -0.151. The molecule has 0 amide bonds. The van der Waals surface area contributed by atoms with Crippen LogP contribution in [0.15, 0.2) is 16.9 Å². The summed E-state index contributed by atoms with van der Waals surface area (Å²) in [5.41, 5.74) is 0. The number of hydrogen-bond acceptors (Lipinski definition) is 5. The summed E-state index contributed by atoms with van der Waals surface area (Å²) in [7, 11) is 1.61. The molecule has 16 heavy (non-hydrogen) atoms. The van der Waals surface area contributed by atoms with Crippen LogP contribution in [0.3, 0.4) is 0 Å². The maximum Gasteiger partial charge on any atom is 0.246 e. The second-order valence-electron chi connectivity index (χ2n) is 3.53. The number of ether oxygens (including phenoxy) is 1. The highest BCUT2D eigenvalue weighted by molar-refractivity contribution is 4.95. The monoisotopic (exact) mass is 222 g/mol. The van der Waals surface area contributed by atoms with Crippen LogP contribution in [-0.4, -0.2) is 26.8 Å². The summed E-state index contributed by atoms with van der Waals surface area (Å²) in [5.74, 6) is 2.04. The standard InChI is InChI=1S/C10H14N4O2/c1-7(15-3)10-12-9(16-13-10)6-14-5-4-11-8(14)2/h4-5,7H,6H2,1-3H3. The molecule has 2 aromatic heterocycles. The SMILES string of the molecule is COC(C)c1noc(Cn2ccnc2C)n1. The van der Waals surface area contributed by atoms with Gasteiger partial charge in [-0.2, -0.15) is 4.98 Å². The van der Waals surface area contributed by atoms with Gasteiger partial charge in [-0.3, -0.25) is 0 Å². The van der Waals surface area contributed by atoms with E-state index < -0.39 is 0 Å². The van der Waals surface area contributed by atoms with Gasteiger partial charge in [0.2, 0.25) is 5.89 Å². The van der Waals surface area contributed by atoms with Gasteiger partial charge in [-0.25, -0.2) is 4.98 Å². The molecule has 0 saturated heterocycles. The lowest BCUT2D eigenvalue weighted by Crippen LogP contribution is -2.02. The van der Waals surface area contributed by atoms with E-state index >= 15 is 0 Å². The zero-order valence-electron chi connectivity index (χ0n) is 9.54. The zero-order chi connectivity index (χ0) is 11.5. The van der Waals surface area contributed by atoms with Crippen LogP contribution in [0.4, 0.5) is 0 Å². The molecule has 0 fully saturated rings. The highest BCUT2D eigenvalue weighted by Gasteiger charge is 2.13. The smallest absolute Gasteiger partial charge is 0.246 e. The van der Waals surface area contributed by atoms with Crippen LogP contribution in [0, 0.1) is 6.92 Å². The van der Waals surface area contributed by atoms with Crippen LogP contribution in [0.2, 0.25) is 0 Å². The molecule has 6 nitrogen and oxygen atoms in total. The molecule has 86 valence electrons. The van der Waals surface area contributed by atoms with E-state index in [4.69, 9.17) is 9.26 Å². The predicted molar refractivity (Wildman–Crippen MR) is 55.8 cm³/mol. The Morgan fingerprint density at radius 2 is 2.38 bits per heavy atom. The number of rotatable bonds is 4. The van der Waals surface area contributed by atoms with Gasteiger partial charge >= 0.3 is 0 Å². The number of hydrogen-bond donors (Lipinski definition) is 0. The fourth-order valence-corrected chi connectivity index (χ4v) is 1.32. The molecular weight excluding hydrogens is 208 g/mol. The Hall–Kier alpha value is -1.69. The average molecular weight is 222 g/mol. The van der Waals surface area contributed by atoms with Crippen LogP contribution in [-0.2, 0) is 11.3 Å². The Morgan fingerprint density at radius 1 is 1.56 bits per heavy atom. The lowest BCUT2D eigenvalue weighted by Gasteiger charge is -2.01. The second-order valence-corrected chi connectivity index (χ2v) is 3.53. The molecule has 2 aromatic rings. The van der Waals surface area contributed by atoms with Crippen molar-refractivity contribution >= 4 is 0 Å². The van der Waals surface area contributed by atoms with Crippen molar-refractivity contribution in [1.82, 2.24) is 19.7 Å². The third kappa shape index (κ3) is 2.11. The second kappa shape index (κ2) is 4.44. The molecule has 0 N–H and O–H groups in total. The summed E-state index contributed by atoms with van der Waals surface area (Å²) < 4.78 is 12.2. The van der Waals surface area contributed by atoms with Gasteiger partial charge in [0, 0.05) is 19.5 Å². The molecule has 0 radical (unpaired) electrons. The molecular formula is C10H14N4O2. The molecule has 0 aromatic carbocycles. The molecule has 0 aliphatic rings. The van der Waals surface area contributed by atoms with E-state index in [9.17, 15) is 0 Å². The highest BCUT2D eigenvalue weighted by atomic mass is 16.5. The van der Waals surface area contributed by atoms with Gasteiger partial charge in [-0.05, 0) is 13.8 Å². The number of aryl methyl sites for hydroxylation is 1. The predicted octanol–water partition coefficient (Wildman–Crippen LogP) is 1.33. The number of imidazole rings is 1. The molecule has 0 aliphatic carbocycles. The number of aromatic nitrogens is 4. The summed E-state index contributed by atoms with van der Waals surface area (Å²) in [5, 5.41) is 3.85. The van der Waals surface area contributed by atoms with E-state index in [0.717, 1.165) is 5.82 Å². The Morgan fingerprint density at radius 3 is 3.00 bits per heavy atom. The van der Waals surface area contributed by atoms with E-state index in [-0.39, 0.29) is 6.10 Å². The first kappa shape index (κ1) is 10.8. The first-order chi connectivity index (χ1) is 7.70. The van der Waals surface area contributed by atoms with Gasteiger partial charge in [-0.15, -0.1) is 0 Å². The summed E-state index contributed by atoms with van der Waals surface area (Å²) in [6.45, 7) is 4.33. The van der Waals surface area contributed by atoms with E-state index in [0.29, 0.717) is 18.3 Å². The van der Waals surface area contributed by atoms with Crippen LogP contribution in [0.1, 0.15) is 30.6 Å². The molecule has 1 atom stereocenters. The minimum absolute atomic E-state index is 0.151. The van der Waals surface area contributed by atoms with Crippen molar-refractivity contribution in [3.8, 4) is 0 Å². The average Bonchev–Trinajstić information content (AvgIpc) is 2.89. The van der Waals surface area contributed by atoms with E-state index in [2.05, 4.69) is 15.1 Å². The molecule has 0 spiro atoms. The van der Waals surface area contributed by atoms with Gasteiger partial charge in [-0.1, -0.05) is 5.16 Å². The molecule has 6 heteroatoms. The fourth-order valence-electron chi connectivity index (χ4n) is 1.32. The number of methoxy groups -OCH3 is 1. The highest BCUT2D eigenvalue weighted by Crippen LogP contribution is 2.12. The van der Waals surface area contributed by atoms with Gasteiger partial charge in [0.15, 0.2) is 5.82 Å². The van der Waals surface area contributed by atoms with E-state index in [1.165, 1.54) is 0 Å². The first-order valence-electron chi connectivity index (χ1n) is 5.03. The van der Waals surface area contributed by atoms with Crippen molar-refractivity contribution in [2.75, 3.05) is 7.11 Å². The lowest BCUT2D eigenvalue weighted by molar-refractivity contribution is 0.109. The molecule has 2 rings (SSSR count). The van der Waals surface area contributed by atoms with Crippen LogP contribution < -0.4 is 0 Å². The summed E-state index contributed by atoms with van der Waals surface area (Å²) in [6, 6.07) is 0. The van der Waals surface area contributed by atoms with Crippen LogP contribution >= 0.6 is 0 Å². The van der Waals surface area contributed by atoms with Gasteiger partial charge in [0.25, 0.3) is 0 Å². The van der Waals surface area contributed by atoms with Crippen molar-refractivity contribution < 1.29 is 9.26 Å². The largest absolute Gasteiger partial charge is 0.374 e. The topological polar surface area (TPSA) is 66.0 Å². The van der Waals surface area contributed by atoms with Gasteiger partial charge in [0.1, 0.15) is 18.5 Å². The third-order valence-electron chi connectivity index (χ3n) is 2.43. The van der Waals surface area contributed by atoms with E-state index in [1.54, 1.807) is 13.3 Å². The molecule has 1 unspecified atom stereocenters. The summed E-state index contributed by atoms with van der Waals surface area (Å²) >= 11 is 0. The van der Waals surface area contributed by atoms with Crippen molar-refractivity contribution in [1.29, 1.82) is 0 Å². The van der Waals surface area contributed by atoms with Crippen molar-refractivity contribution in [3.63, 3.8) is 0 Å². The van der Waals surface area contributed by atoms with E-state index in [1.807, 2.05) is 24.6 Å². The zero-order valence-corrected chi connectivity index (χ0v) is 9.54. The Kier molecular flexibility index (Phi) is 3.00. The maximum absolute atomic E-state index is 5.13. The van der Waals surface area contributed by atoms with Crippen molar-refractivity contribution in [2.45, 2.75) is 26.5 Å².